The van der Waals surface area contributed by atoms with Gasteiger partial charge in [-0.05, 0) is 41.1 Å². The Morgan fingerprint density at radius 3 is 2.82 bits per heavy atom. The van der Waals surface area contributed by atoms with Crippen LogP contribution < -0.4 is 0 Å². The number of fused-ring (bicyclic) bond motifs is 2. The summed E-state index contributed by atoms with van der Waals surface area (Å²) in [5.41, 5.74) is 3.89. The topological polar surface area (TPSA) is 35.5 Å². The number of rotatable bonds is 3. The number of benzene rings is 1. The van der Waals surface area contributed by atoms with E-state index >= 15 is 0 Å². The number of hydrogen-bond donors (Lipinski definition) is 0. The van der Waals surface area contributed by atoms with E-state index in [-0.39, 0.29) is 5.97 Å². The average molecular weight is 312 g/mol. The molecule has 0 unspecified atom stereocenters. The molecule has 1 aliphatic carbocycles. The third-order valence-electron chi connectivity index (χ3n) is 3.49. The number of methoxy groups -OCH3 is 1. The van der Waals surface area contributed by atoms with Gasteiger partial charge in [0.25, 0.3) is 0 Å². The first-order valence-corrected chi connectivity index (χ1v) is 7.94. The molecule has 0 saturated heterocycles. The molecule has 0 saturated carbocycles. The highest BCUT2D eigenvalue weighted by Crippen LogP contribution is 2.40. The molecule has 2 aromatic rings. The standard InChI is InChI=1S/C18H16O3S/c1-3-21-17(19)11-15-13-7-5-4-6-12(13)10-16(20-2)18-14(15)8-9-22-18/h4-11H,3H2,1-2H3. The van der Waals surface area contributed by atoms with E-state index in [0.717, 1.165) is 32.9 Å². The highest BCUT2D eigenvalue weighted by Gasteiger charge is 2.22. The number of ether oxygens (including phenoxy) is 2. The van der Waals surface area contributed by atoms with Gasteiger partial charge in [-0.3, -0.25) is 0 Å². The van der Waals surface area contributed by atoms with Crippen LogP contribution in [0.5, 0.6) is 0 Å². The Hall–Kier alpha value is -2.33. The van der Waals surface area contributed by atoms with Crippen LogP contribution in [0.3, 0.4) is 0 Å². The number of carbonyl (C=O) groups excluding carboxylic acids is 1. The second-order valence-electron chi connectivity index (χ2n) is 4.77. The van der Waals surface area contributed by atoms with Gasteiger partial charge >= 0.3 is 5.97 Å². The maximum absolute atomic E-state index is 12.0. The predicted octanol–water partition coefficient (Wildman–Crippen LogP) is 4.20. The normalized spacial score (nSPS) is 14.6. The second-order valence-corrected chi connectivity index (χ2v) is 5.69. The van der Waals surface area contributed by atoms with E-state index in [9.17, 15) is 4.79 Å². The summed E-state index contributed by atoms with van der Waals surface area (Å²) in [6.07, 6.45) is 3.58. The molecule has 1 aliphatic rings. The highest BCUT2D eigenvalue weighted by atomic mass is 32.1. The lowest BCUT2D eigenvalue weighted by molar-refractivity contribution is -0.137. The Morgan fingerprint density at radius 2 is 2.05 bits per heavy atom. The number of esters is 1. The van der Waals surface area contributed by atoms with Crippen molar-refractivity contribution in [1.82, 2.24) is 0 Å². The van der Waals surface area contributed by atoms with Crippen molar-refractivity contribution in [3.05, 3.63) is 63.4 Å². The van der Waals surface area contributed by atoms with Crippen molar-refractivity contribution in [1.29, 1.82) is 0 Å². The molecule has 1 aromatic heterocycles. The molecule has 0 fully saturated rings. The van der Waals surface area contributed by atoms with Crippen LogP contribution >= 0.6 is 11.3 Å². The molecule has 4 heteroatoms. The van der Waals surface area contributed by atoms with Gasteiger partial charge in [-0.2, -0.15) is 0 Å². The molecule has 0 radical (unpaired) electrons. The van der Waals surface area contributed by atoms with E-state index < -0.39 is 0 Å². The Balaban J connectivity index is 2.24. The van der Waals surface area contributed by atoms with Crippen molar-refractivity contribution >= 4 is 34.7 Å². The molecular formula is C18H16O3S. The van der Waals surface area contributed by atoms with E-state index in [1.165, 1.54) is 0 Å². The van der Waals surface area contributed by atoms with Crippen LogP contribution in [-0.4, -0.2) is 19.7 Å². The maximum Gasteiger partial charge on any atom is 0.331 e. The largest absolute Gasteiger partial charge is 0.495 e. The zero-order valence-corrected chi connectivity index (χ0v) is 13.3. The Bertz CT molecular complexity index is 768. The van der Waals surface area contributed by atoms with Gasteiger partial charge < -0.3 is 9.47 Å². The highest BCUT2D eigenvalue weighted by molar-refractivity contribution is 7.11. The number of thiophene rings is 1. The minimum atomic E-state index is -0.328. The van der Waals surface area contributed by atoms with Crippen LogP contribution in [0.25, 0.3) is 17.4 Å². The lowest BCUT2D eigenvalue weighted by Crippen LogP contribution is -2.02. The van der Waals surface area contributed by atoms with Crippen molar-refractivity contribution in [2.24, 2.45) is 0 Å². The van der Waals surface area contributed by atoms with Gasteiger partial charge in [-0.1, -0.05) is 24.3 Å². The zero-order valence-electron chi connectivity index (χ0n) is 12.5. The number of hydrogen-bond acceptors (Lipinski definition) is 4. The molecule has 0 amide bonds. The van der Waals surface area contributed by atoms with Gasteiger partial charge in [-0.25, -0.2) is 4.79 Å². The molecule has 0 atom stereocenters. The summed E-state index contributed by atoms with van der Waals surface area (Å²) >= 11 is 1.60. The third kappa shape index (κ3) is 2.57. The van der Waals surface area contributed by atoms with Crippen LogP contribution in [0.15, 0.2) is 41.8 Å². The lowest BCUT2D eigenvalue weighted by Gasteiger charge is -2.09. The smallest absolute Gasteiger partial charge is 0.331 e. The van der Waals surface area contributed by atoms with Crippen LogP contribution in [0.1, 0.15) is 28.5 Å². The SMILES string of the molecule is CCOC(=O)C=C1c2ccccc2C=C(OC)c2sccc21. The molecule has 0 spiro atoms. The van der Waals surface area contributed by atoms with Crippen LogP contribution in [0, 0.1) is 0 Å². The van der Waals surface area contributed by atoms with Crippen molar-refractivity contribution in [2.75, 3.05) is 13.7 Å². The Morgan fingerprint density at radius 1 is 1.23 bits per heavy atom. The first kappa shape index (κ1) is 14.6. The molecule has 1 heterocycles. The first-order valence-electron chi connectivity index (χ1n) is 7.06. The minimum absolute atomic E-state index is 0.328. The maximum atomic E-state index is 12.0. The monoisotopic (exact) mass is 312 g/mol. The fourth-order valence-corrected chi connectivity index (χ4v) is 3.44. The Kier molecular flexibility index (Phi) is 4.11. The molecular weight excluding hydrogens is 296 g/mol. The van der Waals surface area contributed by atoms with Gasteiger partial charge in [-0.15, -0.1) is 11.3 Å². The van der Waals surface area contributed by atoms with Gasteiger partial charge in [0.2, 0.25) is 0 Å². The summed E-state index contributed by atoms with van der Waals surface area (Å²) < 4.78 is 10.6. The van der Waals surface area contributed by atoms with Gasteiger partial charge in [0, 0.05) is 11.6 Å². The summed E-state index contributed by atoms with van der Waals surface area (Å²) in [5, 5.41) is 2.00. The van der Waals surface area contributed by atoms with E-state index in [1.54, 1.807) is 31.4 Å². The second kappa shape index (κ2) is 6.20. The summed E-state index contributed by atoms with van der Waals surface area (Å²) in [7, 11) is 1.66. The molecule has 0 bridgehead atoms. The van der Waals surface area contributed by atoms with E-state index in [4.69, 9.17) is 9.47 Å². The summed E-state index contributed by atoms with van der Waals surface area (Å²) in [6.45, 7) is 2.17. The fourth-order valence-electron chi connectivity index (χ4n) is 2.54. The van der Waals surface area contributed by atoms with E-state index in [2.05, 4.69) is 0 Å². The van der Waals surface area contributed by atoms with Crippen LogP contribution in [0.4, 0.5) is 0 Å². The summed E-state index contributed by atoms with van der Waals surface area (Å²) in [5.74, 6) is 0.482. The molecule has 3 rings (SSSR count). The molecule has 22 heavy (non-hydrogen) atoms. The summed E-state index contributed by atoms with van der Waals surface area (Å²) in [4.78, 5) is 13.0. The van der Waals surface area contributed by atoms with Crippen LogP contribution in [0.2, 0.25) is 0 Å². The van der Waals surface area contributed by atoms with Gasteiger partial charge in [0.1, 0.15) is 5.76 Å². The van der Waals surface area contributed by atoms with Gasteiger partial charge in [0.15, 0.2) is 0 Å². The van der Waals surface area contributed by atoms with Crippen molar-refractivity contribution in [2.45, 2.75) is 6.92 Å². The minimum Gasteiger partial charge on any atom is -0.495 e. The zero-order chi connectivity index (χ0) is 15.5. The lowest BCUT2D eigenvalue weighted by atomic mass is 9.96. The molecule has 0 N–H and O–H groups in total. The van der Waals surface area contributed by atoms with Crippen molar-refractivity contribution < 1.29 is 14.3 Å². The number of carbonyl (C=O) groups is 1. The summed E-state index contributed by atoms with van der Waals surface area (Å²) in [6, 6.07) is 9.99. The average Bonchev–Trinajstić information content (AvgIpc) is 2.96. The van der Waals surface area contributed by atoms with E-state index in [0.29, 0.717) is 6.61 Å². The van der Waals surface area contributed by atoms with Crippen molar-refractivity contribution in [3.63, 3.8) is 0 Å². The van der Waals surface area contributed by atoms with Crippen molar-refractivity contribution in [3.8, 4) is 0 Å². The Labute approximate surface area is 133 Å². The van der Waals surface area contributed by atoms with E-state index in [1.807, 2.05) is 41.8 Å². The first-order chi connectivity index (χ1) is 10.7. The molecule has 3 nitrogen and oxygen atoms in total. The quantitative estimate of drug-likeness (QED) is 0.629. The molecule has 0 aliphatic heterocycles. The fraction of sp³-hybridized carbons (Fsp3) is 0.167. The predicted molar refractivity (Wildman–Crippen MR) is 89.4 cm³/mol. The molecule has 112 valence electrons. The van der Waals surface area contributed by atoms with Crippen LogP contribution in [-0.2, 0) is 14.3 Å². The third-order valence-corrected chi connectivity index (χ3v) is 4.41. The molecule has 1 aromatic carbocycles. The van der Waals surface area contributed by atoms with Gasteiger partial charge in [0.05, 0.1) is 18.6 Å².